The fourth-order valence-electron chi connectivity index (χ4n) is 1.92. The summed E-state index contributed by atoms with van der Waals surface area (Å²) in [4.78, 5) is 0. The highest BCUT2D eigenvalue weighted by molar-refractivity contribution is 4.75. The van der Waals surface area contributed by atoms with E-state index in [0.717, 1.165) is 12.8 Å². The molecule has 0 aromatic heterocycles. The van der Waals surface area contributed by atoms with Crippen LogP contribution in [0.1, 0.15) is 68.2 Å². The minimum Gasteiger partial charge on any atom is -0.376 e. The first-order valence-electron chi connectivity index (χ1n) is 6.15. The minimum atomic E-state index is 0.333. The average Bonchev–Trinajstić information content (AvgIpc) is 1.73. The van der Waals surface area contributed by atoms with Gasteiger partial charge in [-0.1, -0.05) is 41.5 Å². The van der Waals surface area contributed by atoms with Crippen LogP contribution in [0.3, 0.4) is 0 Å². The maximum absolute atomic E-state index is 6.00. The molecule has 0 bridgehead atoms. The minimum absolute atomic E-state index is 0.333. The second-order valence-corrected chi connectivity index (χ2v) is 7.34. The quantitative estimate of drug-likeness (QED) is 0.662. The van der Waals surface area contributed by atoms with Gasteiger partial charge in [0.1, 0.15) is 0 Å². The van der Waals surface area contributed by atoms with Crippen molar-refractivity contribution < 1.29 is 4.74 Å². The lowest BCUT2D eigenvalue weighted by Gasteiger charge is -2.32. The zero-order valence-electron chi connectivity index (χ0n) is 12.0. The summed E-state index contributed by atoms with van der Waals surface area (Å²) in [6, 6.07) is 0. The Morgan fingerprint density at radius 3 is 1.33 bits per heavy atom. The predicted molar refractivity (Wildman–Crippen MR) is 68.2 cm³/mol. The Bertz CT molecular complexity index is 153. The standard InChI is InChI=1S/C14H30O/c1-11(2)15-12(9-13(3,4)5)10-14(6,7)8/h11-12H,9-10H2,1-8H3. The third kappa shape index (κ3) is 10.2. The first-order valence-corrected chi connectivity index (χ1v) is 6.15. The van der Waals surface area contributed by atoms with Crippen LogP contribution in [0.5, 0.6) is 0 Å². The molecule has 0 aliphatic heterocycles. The molecule has 0 rings (SSSR count). The lowest BCUT2D eigenvalue weighted by molar-refractivity contribution is -0.0331. The molecular weight excluding hydrogens is 184 g/mol. The van der Waals surface area contributed by atoms with Gasteiger partial charge in [-0.25, -0.2) is 0 Å². The Balaban J connectivity index is 4.32. The van der Waals surface area contributed by atoms with Gasteiger partial charge in [0, 0.05) is 0 Å². The molecule has 0 aromatic rings. The van der Waals surface area contributed by atoms with E-state index < -0.39 is 0 Å². The smallest absolute Gasteiger partial charge is 0.0588 e. The van der Waals surface area contributed by atoms with Crippen molar-refractivity contribution in [2.75, 3.05) is 0 Å². The predicted octanol–water partition coefficient (Wildman–Crippen LogP) is 4.65. The van der Waals surface area contributed by atoms with Crippen LogP contribution in [0.15, 0.2) is 0 Å². The van der Waals surface area contributed by atoms with Gasteiger partial charge < -0.3 is 4.74 Å². The summed E-state index contributed by atoms with van der Waals surface area (Å²) < 4.78 is 6.00. The summed E-state index contributed by atoms with van der Waals surface area (Å²) in [5.74, 6) is 0. The summed E-state index contributed by atoms with van der Waals surface area (Å²) in [7, 11) is 0. The van der Waals surface area contributed by atoms with Gasteiger partial charge >= 0.3 is 0 Å². The van der Waals surface area contributed by atoms with Crippen LogP contribution in [0.2, 0.25) is 0 Å². The molecule has 0 aromatic carbocycles. The fraction of sp³-hybridized carbons (Fsp3) is 1.00. The van der Waals surface area contributed by atoms with Gasteiger partial charge in [0.05, 0.1) is 12.2 Å². The topological polar surface area (TPSA) is 9.23 Å². The molecule has 0 heterocycles. The van der Waals surface area contributed by atoms with Crippen LogP contribution in [-0.4, -0.2) is 12.2 Å². The zero-order valence-corrected chi connectivity index (χ0v) is 12.0. The molecule has 1 nitrogen and oxygen atoms in total. The molecule has 0 aliphatic carbocycles. The Kier molecular flexibility index (Phi) is 5.32. The van der Waals surface area contributed by atoms with Gasteiger partial charge in [-0.05, 0) is 37.5 Å². The first kappa shape index (κ1) is 15.0. The maximum Gasteiger partial charge on any atom is 0.0588 e. The van der Waals surface area contributed by atoms with Gasteiger partial charge in [0.2, 0.25) is 0 Å². The molecule has 0 spiro atoms. The second kappa shape index (κ2) is 5.34. The summed E-state index contributed by atoms with van der Waals surface area (Å²) in [6.45, 7) is 18.0. The van der Waals surface area contributed by atoms with E-state index in [9.17, 15) is 0 Å². The highest BCUT2D eigenvalue weighted by Gasteiger charge is 2.25. The third-order valence-corrected chi connectivity index (χ3v) is 2.14. The molecule has 0 saturated carbocycles. The highest BCUT2D eigenvalue weighted by atomic mass is 16.5. The van der Waals surface area contributed by atoms with Crippen LogP contribution in [0, 0.1) is 10.8 Å². The van der Waals surface area contributed by atoms with Crippen molar-refractivity contribution in [2.24, 2.45) is 10.8 Å². The Morgan fingerprint density at radius 2 is 1.13 bits per heavy atom. The van der Waals surface area contributed by atoms with Crippen molar-refractivity contribution in [3.05, 3.63) is 0 Å². The number of hydrogen-bond donors (Lipinski definition) is 0. The van der Waals surface area contributed by atoms with Gasteiger partial charge in [-0.2, -0.15) is 0 Å². The lowest BCUT2D eigenvalue weighted by atomic mass is 9.82. The van der Waals surface area contributed by atoms with E-state index in [1.165, 1.54) is 0 Å². The summed E-state index contributed by atoms with van der Waals surface area (Å²) in [6.07, 6.45) is 3.01. The third-order valence-electron chi connectivity index (χ3n) is 2.14. The molecule has 0 fully saturated rings. The Morgan fingerprint density at radius 1 is 0.800 bits per heavy atom. The monoisotopic (exact) mass is 214 g/mol. The number of rotatable bonds is 4. The molecule has 0 amide bonds. The normalized spacial score (nSPS) is 14.0. The zero-order chi connectivity index (χ0) is 12.3. The van der Waals surface area contributed by atoms with E-state index in [2.05, 4.69) is 55.4 Å². The van der Waals surface area contributed by atoms with Crippen molar-refractivity contribution in [1.29, 1.82) is 0 Å². The molecule has 92 valence electrons. The van der Waals surface area contributed by atoms with Gasteiger partial charge in [0.15, 0.2) is 0 Å². The lowest BCUT2D eigenvalue weighted by Crippen LogP contribution is -2.28. The van der Waals surface area contributed by atoms with Crippen molar-refractivity contribution >= 4 is 0 Å². The molecule has 0 aliphatic rings. The largest absolute Gasteiger partial charge is 0.376 e. The number of ether oxygens (including phenoxy) is 1. The molecule has 1 heteroatoms. The van der Waals surface area contributed by atoms with Crippen molar-refractivity contribution in [3.8, 4) is 0 Å². The molecule has 0 N–H and O–H groups in total. The first-order chi connectivity index (χ1) is 6.49. The van der Waals surface area contributed by atoms with E-state index in [1.807, 2.05) is 0 Å². The van der Waals surface area contributed by atoms with Gasteiger partial charge in [0.25, 0.3) is 0 Å². The van der Waals surface area contributed by atoms with E-state index in [-0.39, 0.29) is 0 Å². The van der Waals surface area contributed by atoms with Crippen LogP contribution in [-0.2, 0) is 4.74 Å². The molecule has 15 heavy (non-hydrogen) atoms. The van der Waals surface area contributed by atoms with E-state index in [0.29, 0.717) is 23.0 Å². The molecule has 0 unspecified atom stereocenters. The second-order valence-electron chi connectivity index (χ2n) is 7.34. The molecular formula is C14H30O. The average molecular weight is 214 g/mol. The van der Waals surface area contributed by atoms with Crippen LogP contribution < -0.4 is 0 Å². The van der Waals surface area contributed by atoms with E-state index >= 15 is 0 Å². The SMILES string of the molecule is CC(C)OC(CC(C)(C)C)CC(C)(C)C. The fourth-order valence-corrected chi connectivity index (χ4v) is 1.92. The van der Waals surface area contributed by atoms with Crippen molar-refractivity contribution in [3.63, 3.8) is 0 Å². The summed E-state index contributed by atoms with van der Waals surface area (Å²) in [5, 5.41) is 0. The summed E-state index contributed by atoms with van der Waals surface area (Å²) >= 11 is 0. The van der Waals surface area contributed by atoms with Crippen LogP contribution >= 0.6 is 0 Å². The van der Waals surface area contributed by atoms with Crippen LogP contribution in [0.25, 0.3) is 0 Å². The van der Waals surface area contributed by atoms with Gasteiger partial charge in [-0.3, -0.25) is 0 Å². The van der Waals surface area contributed by atoms with Crippen LogP contribution in [0.4, 0.5) is 0 Å². The Labute approximate surface area is 96.6 Å². The molecule has 0 saturated heterocycles. The van der Waals surface area contributed by atoms with Gasteiger partial charge in [-0.15, -0.1) is 0 Å². The van der Waals surface area contributed by atoms with Crippen molar-refractivity contribution in [1.82, 2.24) is 0 Å². The van der Waals surface area contributed by atoms with Crippen molar-refractivity contribution in [2.45, 2.75) is 80.4 Å². The highest BCUT2D eigenvalue weighted by Crippen LogP contribution is 2.30. The number of hydrogen-bond acceptors (Lipinski definition) is 1. The molecule has 0 atom stereocenters. The summed E-state index contributed by atoms with van der Waals surface area (Å²) in [5.41, 5.74) is 0.704. The van der Waals surface area contributed by atoms with E-state index in [1.54, 1.807) is 0 Å². The maximum atomic E-state index is 6.00. The molecule has 0 radical (unpaired) electrons. The Hall–Kier alpha value is -0.0400. The van der Waals surface area contributed by atoms with E-state index in [4.69, 9.17) is 4.74 Å².